The molecule has 0 spiro atoms. The van der Waals surface area contributed by atoms with E-state index in [1.807, 2.05) is 0 Å². The van der Waals surface area contributed by atoms with E-state index in [-0.39, 0.29) is 0 Å². The molecular formula is C8H16Se. The van der Waals surface area contributed by atoms with Crippen molar-refractivity contribution in [1.29, 1.82) is 0 Å². The number of hydrogen-bond donors (Lipinski definition) is 0. The van der Waals surface area contributed by atoms with Gasteiger partial charge in [0.05, 0.1) is 0 Å². The van der Waals surface area contributed by atoms with Crippen LogP contribution in [0.3, 0.4) is 0 Å². The molecule has 0 saturated carbocycles. The molecule has 1 saturated heterocycles. The van der Waals surface area contributed by atoms with Crippen molar-refractivity contribution in [2.45, 2.75) is 37.3 Å². The summed E-state index contributed by atoms with van der Waals surface area (Å²) in [6.07, 6.45) is 1.42. The summed E-state index contributed by atoms with van der Waals surface area (Å²) >= 11 is 0.980. The fourth-order valence-electron chi connectivity index (χ4n) is 1.44. The van der Waals surface area contributed by atoms with E-state index in [1.54, 1.807) is 0 Å². The molecule has 1 heterocycles. The molecule has 0 N–H and O–H groups in total. The zero-order chi connectivity index (χ0) is 6.85. The fraction of sp³-hybridized carbons (Fsp3) is 1.00. The van der Waals surface area contributed by atoms with Crippen molar-refractivity contribution in [2.75, 3.05) is 0 Å². The molecule has 9 heavy (non-hydrogen) atoms. The fourth-order valence-corrected chi connectivity index (χ4v) is 4.92. The van der Waals surface area contributed by atoms with Crippen molar-refractivity contribution in [3.8, 4) is 0 Å². The predicted molar refractivity (Wildman–Crippen MR) is 42.9 cm³/mol. The van der Waals surface area contributed by atoms with E-state index in [0.717, 1.165) is 31.6 Å². The van der Waals surface area contributed by atoms with Gasteiger partial charge < -0.3 is 0 Å². The summed E-state index contributed by atoms with van der Waals surface area (Å²) in [6.45, 7) is 7.16. The summed E-state index contributed by atoms with van der Waals surface area (Å²) in [5, 5.41) is 1.53. The summed E-state index contributed by atoms with van der Waals surface area (Å²) in [5.74, 6) is 2.05. The predicted octanol–water partition coefficient (Wildman–Crippen LogP) is 2.59. The van der Waals surface area contributed by atoms with Crippen LogP contribution in [0.25, 0.3) is 0 Å². The van der Waals surface area contributed by atoms with Gasteiger partial charge in [0.25, 0.3) is 0 Å². The zero-order valence-electron chi connectivity index (χ0n) is 6.55. The molecule has 1 aliphatic heterocycles. The molecular weight excluding hydrogens is 175 g/mol. The van der Waals surface area contributed by atoms with E-state index in [2.05, 4.69) is 20.8 Å². The molecule has 3 atom stereocenters. The van der Waals surface area contributed by atoms with Gasteiger partial charge in [0.1, 0.15) is 0 Å². The topological polar surface area (TPSA) is 0 Å². The molecule has 0 nitrogen and oxygen atoms in total. The molecule has 0 aromatic rings. The zero-order valence-corrected chi connectivity index (χ0v) is 8.27. The first-order valence-electron chi connectivity index (χ1n) is 3.87. The van der Waals surface area contributed by atoms with Crippen molar-refractivity contribution >= 4 is 15.0 Å². The van der Waals surface area contributed by atoms with Gasteiger partial charge >= 0.3 is 64.1 Å². The van der Waals surface area contributed by atoms with Crippen LogP contribution >= 0.6 is 0 Å². The van der Waals surface area contributed by atoms with Crippen molar-refractivity contribution in [3.63, 3.8) is 0 Å². The molecule has 0 radical (unpaired) electrons. The molecule has 1 heteroatoms. The molecule has 1 aliphatic rings. The van der Waals surface area contributed by atoms with Gasteiger partial charge in [-0.05, 0) is 0 Å². The second kappa shape index (κ2) is 3.07. The van der Waals surface area contributed by atoms with Gasteiger partial charge in [-0.1, -0.05) is 0 Å². The van der Waals surface area contributed by atoms with Crippen molar-refractivity contribution < 1.29 is 0 Å². The molecule has 0 aromatic heterocycles. The molecule has 0 bridgehead atoms. The van der Waals surface area contributed by atoms with Gasteiger partial charge in [-0.25, -0.2) is 0 Å². The summed E-state index contributed by atoms with van der Waals surface area (Å²) in [7, 11) is 0. The second-order valence-electron chi connectivity index (χ2n) is 3.12. The molecule has 0 amide bonds. The van der Waals surface area contributed by atoms with E-state index in [0.29, 0.717) is 0 Å². The Bertz CT molecular complexity index is 90.6. The molecule has 54 valence electrons. The molecule has 0 aliphatic carbocycles. The average Bonchev–Trinajstić information content (AvgIpc) is 2.15. The van der Waals surface area contributed by atoms with Crippen molar-refractivity contribution in [3.05, 3.63) is 0 Å². The summed E-state index contributed by atoms with van der Waals surface area (Å²) in [6, 6.07) is 0. The Hall–Kier alpha value is 0.519. The summed E-state index contributed by atoms with van der Waals surface area (Å²) in [5.41, 5.74) is 0. The van der Waals surface area contributed by atoms with E-state index >= 15 is 0 Å². The monoisotopic (exact) mass is 192 g/mol. The van der Waals surface area contributed by atoms with Crippen LogP contribution in [-0.2, 0) is 0 Å². The second-order valence-corrected chi connectivity index (χ2v) is 5.79. The van der Waals surface area contributed by atoms with Gasteiger partial charge in [-0.15, -0.1) is 0 Å². The van der Waals surface area contributed by atoms with Crippen LogP contribution in [0.15, 0.2) is 0 Å². The quantitative estimate of drug-likeness (QED) is 0.559. The van der Waals surface area contributed by atoms with Gasteiger partial charge in [0.2, 0.25) is 0 Å². The molecule has 1 rings (SSSR count). The van der Waals surface area contributed by atoms with Gasteiger partial charge in [0.15, 0.2) is 0 Å². The molecule has 0 aromatic carbocycles. The van der Waals surface area contributed by atoms with Crippen LogP contribution in [0.2, 0.25) is 10.1 Å². The van der Waals surface area contributed by atoms with Crippen LogP contribution in [-0.4, -0.2) is 15.0 Å². The third-order valence-corrected chi connectivity index (χ3v) is 6.46. The van der Waals surface area contributed by atoms with Gasteiger partial charge in [-0.3, -0.25) is 0 Å². The first-order valence-corrected chi connectivity index (χ1v) is 6.07. The standard InChI is InChI=1S/C8H16Se/c1-4-8-7(3)6(2)5-9-8/h6-8H,4-5H2,1-3H3/t6?,7-,8-/m1/s1. The van der Waals surface area contributed by atoms with Crippen molar-refractivity contribution in [2.24, 2.45) is 11.8 Å². The summed E-state index contributed by atoms with van der Waals surface area (Å²) < 4.78 is 0. The van der Waals surface area contributed by atoms with Crippen LogP contribution in [0, 0.1) is 11.8 Å². The van der Waals surface area contributed by atoms with Crippen LogP contribution in [0.1, 0.15) is 27.2 Å². The van der Waals surface area contributed by atoms with Crippen molar-refractivity contribution in [1.82, 2.24) is 0 Å². The number of rotatable bonds is 1. The minimum absolute atomic E-state index is 0.980. The third-order valence-electron chi connectivity index (χ3n) is 2.46. The normalized spacial score (nSPS) is 43.7. The molecule has 1 fully saturated rings. The van der Waals surface area contributed by atoms with E-state index in [4.69, 9.17) is 0 Å². The minimum atomic E-state index is 0.980. The Kier molecular flexibility index (Phi) is 2.60. The van der Waals surface area contributed by atoms with Gasteiger partial charge in [0, 0.05) is 0 Å². The van der Waals surface area contributed by atoms with Gasteiger partial charge in [-0.2, -0.15) is 0 Å². The SMILES string of the molecule is CC[C@H]1[Se]CC(C)[C@H]1C. The third kappa shape index (κ3) is 1.50. The Morgan fingerprint density at radius 1 is 1.44 bits per heavy atom. The average molecular weight is 191 g/mol. The Labute approximate surface area is 64.6 Å². The number of hydrogen-bond acceptors (Lipinski definition) is 0. The Balaban J connectivity index is 2.41. The van der Waals surface area contributed by atoms with E-state index in [1.165, 1.54) is 11.7 Å². The van der Waals surface area contributed by atoms with Crippen LogP contribution < -0.4 is 0 Å². The van der Waals surface area contributed by atoms with E-state index < -0.39 is 0 Å². The Morgan fingerprint density at radius 3 is 2.33 bits per heavy atom. The maximum atomic E-state index is 2.42. The molecule has 1 unspecified atom stereocenters. The first-order chi connectivity index (χ1) is 4.25. The van der Waals surface area contributed by atoms with Crippen LogP contribution in [0.5, 0.6) is 0 Å². The maximum absolute atomic E-state index is 2.42. The van der Waals surface area contributed by atoms with Crippen LogP contribution in [0.4, 0.5) is 0 Å². The first kappa shape index (κ1) is 7.62. The Morgan fingerprint density at radius 2 is 2.11 bits per heavy atom. The summed E-state index contributed by atoms with van der Waals surface area (Å²) in [4.78, 5) is 1.10. The van der Waals surface area contributed by atoms with E-state index in [9.17, 15) is 0 Å².